The lowest BCUT2D eigenvalue weighted by Crippen LogP contribution is -2.35. The fourth-order valence-corrected chi connectivity index (χ4v) is 1.41. The Bertz CT molecular complexity index is 445. The molecule has 6 nitrogen and oxygen atoms in total. The summed E-state index contributed by atoms with van der Waals surface area (Å²) in [7, 11) is 0. The van der Waals surface area contributed by atoms with Gasteiger partial charge >= 0.3 is 12.1 Å². The van der Waals surface area contributed by atoms with Gasteiger partial charge in [-0.3, -0.25) is 5.32 Å². The molecule has 0 aliphatic rings. The molecule has 110 valence electrons. The maximum atomic E-state index is 11.6. The lowest BCUT2D eigenvalue weighted by molar-refractivity contribution is 0.168. The minimum absolute atomic E-state index is 0.125. The summed E-state index contributed by atoms with van der Waals surface area (Å²) >= 11 is 0. The van der Waals surface area contributed by atoms with Crippen LogP contribution in [0.1, 0.15) is 27.2 Å². The molecule has 0 fully saturated rings. The minimum Gasteiger partial charge on any atom is -0.450 e. The fourth-order valence-electron chi connectivity index (χ4n) is 1.41. The minimum atomic E-state index is -0.497. The predicted octanol–water partition coefficient (Wildman–Crippen LogP) is 3.18. The van der Waals surface area contributed by atoms with Crippen LogP contribution in [0.25, 0.3) is 0 Å². The second-order valence-corrected chi connectivity index (χ2v) is 4.33. The van der Waals surface area contributed by atoms with Crippen molar-refractivity contribution in [3.63, 3.8) is 0 Å². The summed E-state index contributed by atoms with van der Waals surface area (Å²) in [5.74, 6) is 0. The summed E-state index contributed by atoms with van der Waals surface area (Å²) in [6.45, 7) is 6.00. The number of carbonyl (C=O) groups is 2. The van der Waals surface area contributed by atoms with E-state index in [9.17, 15) is 9.59 Å². The van der Waals surface area contributed by atoms with Crippen molar-refractivity contribution in [2.75, 3.05) is 17.2 Å². The van der Waals surface area contributed by atoms with E-state index < -0.39 is 6.09 Å². The first kappa shape index (κ1) is 15.8. The highest BCUT2D eigenvalue weighted by atomic mass is 16.5. The maximum Gasteiger partial charge on any atom is 0.411 e. The van der Waals surface area contributed by atoms with Crippen molar-refractivity contribution in [2.24, 2.45) is 0 Å². The second-order valence-electron chi connectivity index (χ2n) is 4.33. The molecule has 0 saturated heterocycles. The van der Waals surface area contributed by atoms with Crippen LogP contribution in [-0.4, -0.2) is 24.8 Å². The van der Waals surface area contributed by atoms with Gasteiger partial charge in [-0.05, 0) is 44.5 Å². The van der Waals surface area contributed by atoms with Crippen molar-refractivity contribution in [1.82, 2.24) is 5.32 Å². The van der Waals surface area contributed by atoms with Gasteiger partial charge in [0.25, 0.3) is 0 Å². The Morgan fingerprint density at radius 2 is 1.65 bits per heavy atom. The second kappa shape index (κ2) is 8.04. The zero-order chi connectivity index (χ0) is 15.0. The number of benzene rings is 1. The molecule has 0 bridgehead atoms. The molecule has 20 heavy (non-hydrogen) atoms. The van der Waals surface area contributed by atoms with Crippen LogP contribution in [0, 0.1) is 0 Å². The van der Waals surface area contributed by atoms with Crippen LogP contribution in [0.2, 0.25) is 0 Å². The van der Waals surface area contributed by atoms with Gasteiger partial charge in [0.15, 0.2) is 0 Å². The summed E-state index contributed by atoms with van der Waals surface area (Å²) in [6.07, 6.45) is 0.373. The van der Waals surface area contributed by atoms with Gasteiger partial charge in [0.1, 0.15) is 0 Å². The largest absolute Gasteiger partial charge is 0.450 e. The molecule has 1 aromatic rings. The molecule has 1 atom stereocenters. The van der Waals surface area contributed by atoms with Crippen LogP contribution < -0.4 is 16.0 Å². The number of amides is 3. The molecule has 0 aromatic heterocycles. The molecule has 0 saturated carbocycles. The van der Waals surface area contributed by atoms with Gasteiger partial charge in [-0.2, -0.15) is 0 Å². The third kappa shape index (κ3) is 5.60. The average molecular weight is 279 g/mol. The molecule has 0 radical (unpaired) electrons. The number of hydrogen-bond donors (Lipinski definition) is 3. The average Bonchev–Trinajstić information content (AvgIpc) is 2.41. The third-order valence-corrected chi connectivity index (χ3v) is 2.65. The molecule has 0 unspecified atom stereocenters. The number of ether oxygens (including phenoxy) is 1. The Hall–Kier alpha value is -2.24. The summed E-state index contributed by atoms with van der Waals surface area (Å²) in [6, 6.07) is 6.67. The molecule has 3 amide bonds. The number of nitrogens with one attached hydrogen (secondary N) is 3. The van der Waals surface area contributed by atoms with E-state index in [0.717, 1.165) is 6.42 Å². The zero-order valence-corrected chi connectivity index (χ0v) is 12.0. The third-order valence-electron chi connectivity index (χ3n) is 2.65. The van der Waals surface area contributed by atoms with Gasteiger partial charge in [0.05, 0.1) is 6.61 Å². The van der Waals surface area contributed by atoms with Gasteiger partial charge in [0, 0.05) is 17.4 Å². The van der Waals surface area contributed by atoms with E-state index in [1.54, 1.807) is 31.2 Å². The SMILES string of the molecule is CCOC(=O)Nc1ccc(NC(=O)N[C@H](C)CC)cc1. The fraction of sp³-hybridized carbons (Fsp3) is 0.429. The molecule has 1 rings (SSSR count). The van der Waals surface area contributed by atoms with Gasteiger partial charge in [-0.1, -0.05) is 6.92 Å². The van der Waals surface area contributed by atoms with Crippen LogP contribution in [0.3, 0.4) is 0 Å². The summed E-state index contributed by atoms with van der Waals surface area (Å²) in [4.78, 5) is 22.8. The maximum absolute atomic E-state index is 11.6. The molecule has 6 heteroatoms. The Morgan fingerprint density at radius 1 is 1.10 bits per heavy atom. The smallest absolute Gasteiger partial charge is 0.411 e. The van der Waals surface area contributed by atoms with Gasteiger partial charge in [0.2, 0.25) is 0 Å². The first-order valence-electron chi connectivity index (χ1n) is 6.66. The van der Waals surface area contributed by atoms with Crippen molar-refractivity contribution in [2.45, 2.75) is 33.2 Å². The molecule has 0 spiro atoms. The topological polar surface area (TPSA) is 79.5 Å². The highest BCUT2D eigenvalue weighted by molar-refractivity contribution is 5.90. The number of rotatable bonds is 5. The number of anilines is 2. The zero-order valence-electron chi connectivity index (χ0n) is 12.0. The number of urea groups is 1. The molecular weight excluding hydrogens is 258 g/mol. The highest BCUT2D eigenvalue weighted by Gasteiger charge is 2.06. The molecule has 1 aromatic carbocycles. The molecule has 3 N–H and O–H groups in total. The van der Waals surface area contributed by atoms with Crippen molar-refractivity contribution >= 4 is 23.5 Å². The van der Waals surface area contributed by atoms with Crippen LogP contribution in [-0.2, 0) is 4.74 Å². The quantitative estimate of drug-likeness (QED) is 0.774. The molecular formula is C14H21N3O3. The van der Waals surface area contributed by atoms with Gasteiger partial charge in [-0.15, -0.1) is 0 Å². The lowest BCUT2D eigenvalue weighted by atomic mass is 10.2. The van der Waals surface area contributed by atoms with Crippen LogP contribution in [0.4, 0.5) is 21.0 Å². The van der Waals surface area contributed by atoms with E-state index in [4.69, 9.17) is 4.74 Å². The molecule has 0 heterocycles. The number of hydrogen-bond acceptors (Lipinski definition) is 3. The Morgan fingerprint density at radius 3 is 2.15 bits per heavy atom. The van der Waals surface area contributed by atoms with Crippen molar-refractivity contribution in [3.8, 4) is 0 Å². The van der Waals surface area contributed by atoms with Crippen molar-refractivity contribution in [3.05, 3.63) is 24.3 Å². The Labute approximate surface area is 118 Å². The first-order chi connectivity index (χ1) is 9.55. The van der Waals surface area contributed by atoms with Crippen molar-refractivity contribution in [1.29, 1.82) is 0 Å². The normalized spacial score (nSPS) is 11.3. The lowest BCUT2D eigenvalue weighted by Gasteiger charge is -2.12. The monoisotopic (exact) mass is 279 g/mol. The van der Waals surface area contributed by atoms with E-state index in [2.05, 4.69) is 16.0 Å². The summed E-state index contributed by atoms with van der Waals surface area (Å²) < 4.78 is 4.77. The number of carbonyl (C=O) groups excluding carboxylic acids is 2. The van der Waals surface area contributed by atoms with Crippen LogP contribution in [0.5, 0.6) is 0 Å². The highest BCUT2D eigenvalue weighted by Crippen LogP contribution is 2.13. The van der Waals surface area contributed by atoms with E-state index in [-0.39, 0.29) is 12.1 Å². The van der Waals surface area contributed by atoms with E-state index in [1.807, 2.05) is 13.8 Å². The van der Waals surface area contributed by atoms with E-state index in [1.165, 1.54) is 0 Å². The van der Waals surface area contributed by atoms with Gasteiger partial charge < -0.3 is 15.4 Å². The summed E-state index contributed by atoms with van der Waals surface area (Å²) in [5, 5.41) is 8.10. The Balaban J connectivity index is 2.50. The first-order valence-corrected chi connectivity index (χ1v) is 6.66. The predicted molar refractivity (Wildman–Crippen MR) is 79.0 cm³/mol. The van der Waals surface area contributed by atoms with E-state index >= 15 is 0 Å². The van der Waals surface area contributed by atoms with E-state index in [0.29, 0.717) is 18.0 Å². The van der Waals surface area contributed by atoms with Crippen LogP contribution >= 0.6 is 0 Å². The Kier molecular flexibility index (Phi) is 6.36. The van der Waals surface area contributed by atoms with Gasteiger partial charge in [-0.25, -0.2) is 9.59 Å². The van der Waals surface area contributed by atoms with Crippen molar-refractivity contribution < 1.29 is 14.3 Å². The molecule has 0 aliphatic carbocycles. The van der Waals surface area contributed by atoms with Crippen LogP contribution in [0.15, 0.2) is 24.3 Å². The standard InChI is InChI=1S/C14H21N3O3/c1-4-10(3)15-13(18)16-11-6-8-12(9-7-11)17-14(19)20-5-2/h6-10H,4-5H2,1-3H3,(H,17,19)(H2,15,16,18)/t10-/m1/s1. The summed E-state index contributed by atoms with van der Waals surface area (Å²) in [5.41, 5.74) is 1.26. The molecule has 0 aliphatic heterocycles.